The maximum Gasteiger partial charge on any atom is -0.0188 e. The van der Waals surface area contributed by atoms with Crippen molar-refractivity contribution in [1.82, 2.24) is 0 Å². The molecule has 0 fully saturated rings. The quantitative estimate of drug-likeness (QED) is 0.525. The molecule has 1 aromatic carbocycles. The highest BCUT2D eigenvalue weighted by atomic mass is 14.2. The molecule has 84 valence electrons. The molecule has 0 N–H and O–H groups in total. The van der Waals surface area contributed by atoms with Gasteiger partial charge in [-0.05, 0) is 36.3 Å². The van der Waals surface area contributed by atoms with E-state index in [9.17, 15) is 0 Å². The van der Waals surface area contributed by atoms with Crippen LogP contribution in [0.1, 0.15) is 63.5 Å². The first-order valence-corrected chi connectivity index (χ1v) is 6.37. The minimum absolute atomic E-state index is 0.781. The van der Waals surface area contributed by atoms with Gasteiger partial charge in [-0.15, -0.1) is 0 Å². The van der Waals surface area contributed by atoms with Crippen LogP contribution in [0.25, 0.3) is 0 Å². The molecular weight excluding hydrogens is 180 g/mol. The van der Waals surface area contributed by atoms with Crippen molar-refractivity contribution in [2.24, 2.45) is 0 Å². The van der Waals surface area contributed by atoms with Gasteiger partial charge in [0.2, 0.25) is 0 Å². The van der Waals surface area contributed by atoms with E-state index in [1.54, 1.807) is 11.1 Å². The van der Waals surface area contributed by atoms with Crippen LogP contribution in [-0.2, 0) is 6.42 Å². The van der Waals surface area contributed by atoms with E-state index in [1.807, 2.05) is 0 Å². The van der Waals surface area contributed by atoms with Crippen LogP contribution in [0.5, 0.6) is 0 Å². The van der Waals surface area contributed by atoms with Crippen molar-refractivity contribution in [1.29, 1.82) is 0 Å². The molecule has 1 aliphatic carbocycles. The average Bonchev–Trinajstić information content (AvgIpc) is 2.43. The number of benzene rings is 1. The third kappa shape index (κ3) is 3.70. The SMILES string of the molecule is CC1CCCCc2ccccc21.CCC. The van der Waals surface area contributed by atoms with Crippen molar-refractivity contribution in [3.05, 3.63) is 35.4 Å². The Hall–Kier alpha value is -0.780. The lowest BCUT2D eigenvalue weighted by molar-refractivity contribution is 0.635. The summed E-state index contributed by atoms with van der Waals surface area (Å²) in [6, 6.07) is 8.92. The normalized spacial score (nSPS) is 19.5. The van der Waals surface area contributed by atoms with E-state index in [1.165, 1.54) is 32.1 Å². The van der Waals surface area contributed by atoms with Gasteiger partial charge in [-0.3, -0.25) is 0 Å². The zero-order valence-electron chi connectivity index (χ0n) is 10.4. The second kappa shape index (κ2) is 6.66. The van der Waals surface area contributed by atoms with Gasteiger partial charge in [0.1, 0.15) is 0 Å². The maximum absolute atomic E-state index is 2.35. The van der Waals surface area contributed by atoms with Gasteiger partial charge in [0.15, 0.2) is 0 Å². The van der Waals surface area contributed by atoms with Crippen LogP contribution >= 0.6 is 0 Å². The largest absolute Gasteiger partial charge is 0.0656 e. The molecule has 0 nitrogen and oxygen atoms in total. The van der Waals surface area contributed by atoms with Crippen molar-refractivity contribution in [3.63, 3.8) is 0 Å². The molecule has 0 aliphatic heterocycles. The maximum atomic E-state index is 2.35. The van der Waals surface area contributed by atoms with Crippen LogP contribution in [0.2, 0.25) is 0 Å². The van der Waals surface area contributed by atoms with E-state index in [4.69, 9.17) is 0 Å². The summed E-state index contributed by atoms with van der Waals surface area (Å²) in [4.78, 5) is 0. The molecule has 0 radical (unpaired) electrons. The molecule has 0 aromatic heterocycles. The summed E-state index contributed by atoms with van der Waals surface area (Å²) in [5.41, 5.74) is 3.18. The van der Waals surface area contributed by atoms with Crippen LogP contribution in [0, 0.1) is 0 Å². The van der Waals surface area contributed by atoms with Crippen molar-refractivity contribution in [2.75, 3.05) is 0 Å². The molecule has 2 rings (SSSR count). The van der Waals surface area contributed by atoms with Crippen LogP contribution in [0.15, 0.2) is 24.3 Å². The summed E-state index contributed by atoms with van der Waals surface area (Å²) in [6.07, 6.45) is 6.69. The fraction of sp³-hybridized carbons (Fsp3) is 0.600. The molecule has 15 heavy (non-hydrogen) atoms. The van der Waals surface area contributed by atoms with Crippen LogP contribution < -0.4 is 0 Å². The summed E-state index contributed by atoms with van der Waals surface area (Å²) in [6.45, 7) is 6.60. The Labute approximate surface area is 94.7 Å². The summed E-state index contributed by atoms with van der Waals surface area (Å²) < 4.78 is 0. The fourth-order valence-electron chi connectivity index (χ4n) is 2.16. The molecule has 0 saturated heterocycles. The predicted molar refractivity (Wildman–Crippen MR) is 68.4 cm³/mol. The van der Waals surface area contributed by atoms with E-state index in [0.29, 0.717) is 0 Å². The van der Waals surface area contributed by atoms with Gasteiger partial charge in [-0.1, -0.05) is 57.9 Å². The Balaban J connectivity index is 0.000000337. The second-order valence-corrected chi connectivity index (χ2v) is 4.55. The van der Waals surface area contributed by atoms with Crippen LogP contribution in [0.4, 0.5) is 0 Å². The highest BCUT2D eigenvalue weighted by molar-refractivity contribution is 5.30. The van der Waals surface area contributed by atoms with Crippen molar-refractivity contribution in [2.45, 2.75) is 58.8 Å². The molecular formula is C15H24. The molecule has 1 atom stereocenters. The van der Waals surface area contributed by atoms with E-state index < -0.39 is 0 Å². The molecule has 1 aromatic rings. The lowest BCUT2D eigenvalue weighted by atomic mass is 9.95. The summed E-state index contributed by atoms with van der Waals surface area (Å²) in [7, 11) is 0. The van der Waals surface area contributed by atoms with E-state index >= 15 is 0 Å². The van der Waals surface area contributed by atoms with Crippen molar-refractivity contribution >= 4 is 0 Å². The Morgan fingerprint density at radius 2 is 1.80 bits per heavy atom. The molecule has 0 amide bonds. The van der Waals surface area contributed by atoms with Gasteiger partial charge >= 0.3 is 0 Å². The Morgan fingerprint density at radius 3 is 2.53 bits per heavy atom. The fourth-order valence-corrected chi connectivity index (χ4v) is 2.16. The Kier molecular flexibility index (Phi) is 5.45. The van der Waals surface area contributed by atoms with Crippen molar-refractivity contribution in [3.8, 4) is 0 Å². The van der Waals surface area contributed by atoms with Gasteiger partial charge in [0.05, 0.1) is 0 Å². The Bertz CT molecular complexity index is 275. The molecule has 0 heteroatoms. The van der Waals surface area contributed by atoms with Crippen molar-refractivity contribution < 1.29 is 0 Å². The standard InChI is InChI=1S/C12H16.C3H8/c1-10-6-2-3-7-11-8-4-5-9-12(10)11;1-3-2/h4-5,8-10H,2-3,6-7H2,1H3;3H2,1-2H3. The number of rotatable bonds is 0. The zero-order valence-corrected chi connectivity index (χ0v) is 10.4. The van der Waals surface area contributed by atoms with E-state index in [0.717, 1.165) is 5.92 Å². The monoisotopic (exact) mass is 204 g/mol. The smallest absolute Gasteiger partial charge is 0.0188 e. The minimum atomic E-state index is 0.781. The lowest BCUT2D eigenvalue weighted by Gasteiger charge is -2.11. The molecule has 1 aliphatic rings. The zero-order chi connectivity index (χ0) is 11.1. The third-order valence-electron chi connectivity index (χ3n) is 2.92. The molecule has 1 unspecified atom stereocenters. The summed E-state index contributed by atoms with van der Waals surface area (Å²) in [5.74, 6) is 0.781. The highest BCUT2D eigenvalue weighted by Crippen LogP contribution is 2.29. The lowest BCUT2D eigenvalue weighted by Crippen LogP contribution is -1.94. The molecule has 0 heterocycles. The predicted octanol–water partition coefficient (Wildman–Crippen LogP) is 4.93. The van der Waals surface area contributed by atoms with E-state index in [2.05, 4.69) is 45.0 Å². The Morgan fingerprint density at radius 1 is 1.13 bits per heavy atom. The molecule has 0 saturated carbocycles. The third-order valence-corrected chi connectivity index (χ3v) is 2.92. The average molecular weight is 204 g/mol. The van der Waals surface area contributed by atoms with Gasteiger partial charge in [-0.2, -0.15) is 0 Å². The number of aryl methyl sites for hydroxylation is 1. The van der Waals surface area contributed by atoms with Gasteiger partial charge in [0.25, 0.3) is 0 Å². The van der Waals surface area contributed by atoms with Gasteiger partial charge < -0.3 is 0 Å². The van der Waals surface area contributed by atoms with Gasteiger partial charge in [-0.25, -0.2) is 0 Å². The topological polar surface area (TPSA) is 0 Å². The number of hydrogen-bond donors (Lipinski definition) is 0. The number of hydrogen-bond acceptors (Lipinski definition) is 0. The first-order valence-electron chi connectivity index (χ1n) is 6.37. The highest BCUT2D eigenvalue weighted by Gasteiger charge is 2.12. The summed E-state index contributed by atoms with van der Waals surface area (Å²) in [5, 5.41) is 0. The minimum Gasteiger partial charge on any atom is -0.0656 e. The first-order chi connectivity index (χ1) is 7.29. The molecule has 0 spiro atoms. The van der Waals surface area contributed by atoms with Gasteiger partial charge in [0, 0.05) is 0 Å². The van der Waals surface area contributed by atoms with Crippen LogP contribution in [-0.4, -0.2) is 0 Å². The van der Waals surface area contributed by atoms with Crippen LogP contribution in [0.3, 0.4) is 0 Å². The summed E-state index contributed by atoms with van der Waals surface area (Å²) >= 11 is 0. The second-order valence-electron chi connectivity index (χ2n) is 4.55. The van der Waals surface area contributed by atoms with E-state index in [-0.39, 0.29) is 0 Å². The first kappa shape index (κ1) is 12.3. The molecule has 0 bridgehead atoms. The number of fused-ring (bicyclic) bond motifs is 1.